The zero-order valence-electron chi connectivity index (χ0n) is 9.73. The minimum absolute atomic E-state index is 0.0629. The summed E-state index contributed by atoms with van der Waals surface area (Å²) in [6.45, 7) is 3.15. The third-order valence-electron chi connectivity index (χ3n) is 2.82. The predicted octanol–water partition coefficient (Wildman–Crippen LogP) is 0.994. The fourth-order valence-corrected chi connectivity index (χ4v) is 1.58. The van der Waals surface area contributed by atoms with Crippen LogP contribution >= 0.6 is 0 Å². The van der Waals surface area contributed by atoms with Gasteiger partial charge < -0.3 is 15.2 Å². The molecule has 5 heteroatoms. The van der Waals surface area contributed by atoms with Crippen molar-refractivity contribution in [2.45, 2.75) is 57.8 Å². The summed E-state index contributed by atoms with van der Waals surface area (Å²) < 4.78 is 4.91. The Labute approximate surface area is 95.2 Å². The molecule has 0 bridgehead atoms. The van der Waals surface area contributed by atoms with Gasteiger partial charge in [0.05, 0.1) is 12.1 Å². The molecule has 0 aromatic rings. The molecule has 92 valence electrons. The molecule has 16 heavy (non-hydrogen) atoms. The molecular weight excluding hydrogens is 210 g/mol. The maximum atomic E-state index is 11.4. The number of ketones is 1. The summed E-state index contributed by atoms with van der Waals surface area (Å²) in [5, 5.41) is 11.7. The van der Waals surface area contributed by atoms with Crippen LogP contribution in [-0.4, -0.2) is 35.2 Å². The third kappa shape index (κ3) is 3.81. The summed E-state index contributed by atoms with van der Waals surface area (Å²) in [7, 11) is 0. The first kappa shape index (κ1) is 13.0. The van der Waals surface area contributed by atoms with Crippen molar-refractivity contribution in [1.82, 2.24) is 5.32 Å². The van der Waals surface area contributed by atoms with Gasteiger partial charge in [0.15, 0.2) is 5.78 Å². The molecule has 1 saturated carbocycles. The number of carbonyl (C=O) groups is 2. The first-order valence-electron chi connectivity index (χ1n) is 5.68. The zero-order chi connectivity index (χ0) is 12.1. The van der Waals surface area contributed by atoms with E-state index in [9.17, 15) is 9.59 Å². The van der Waals surface area contributed by atoms with E-state index in [4.69, 9.17) is 9.84 Å². The van der Waals surface area contributed by atoms with Crippen LogP contribution in [0.1, 0.15) is 39.5 Å². The van der Waals surface area contributed by atoms with E-state index in [1.54, 1.807) is 13.8 Å². The van der Waals surface area contributed by atoms with Gasteiger partial charge in [0.1, 0.15) is 6.10 Å². The topological polar surface area (TPSA) is 75.6 Å². The van der Waals surface area contributed by atoms with Crippen LogP contribution in [0, 0.1) is 0 Å². The second kappa shape index (κ2) is 5.84. The summed E-state index contributed by atoms with van der Waals surface area (Å²) in [5.41, 5.74) is 0. The van der Waals surface area contributed by atoms with Crippen molar-refractivity contribution in [2.24, 2.45) is 0 Å². The molecule has 1 rings (SSSR count). The smallest absolute Gasteiger partial charge is 0.408 e. The van der Waals surface area contributed by atoms with E-state index in [-0.39, 0.29) is 5.78 Å². The molecule has 1 aliphatic rings. The number of hydrogen-bond acceptors (Lipinski definition) is 4. The molecule has 5 nitrogen and oxygen atoms in total. The van der Waals surface area contributed by atoms with Gasteiger partial charge in [0.2, 0.25) is 0 Å². The number of aliphatic hydroxyl groups is 1. The van der Waals surface area contributed by atoms with Crippen LogP contribution in [0.15, 0.2) is 0 Å². The second-order valence-corrected chi connectivity index (χ2v) is 4.26. The van der Waals surface area contributed by atoms with E-state index >= 15 is 0 Å². The Bertz CT molecular complexity index is 265. The molecule has 0 aliphatic heterocycles. The summed E-state index contributed by atoms with van der Waals surface area (Å²) in [6.07, 6.45) is 1.13. The van der Waals surface area contributed by atoms with E-state index in [1.807, 2.05) is 0 Å². The highest BCUT2D eigenvalue weighted by molar-refractivity contribution is 5.87. The minimum Gasteiger partial charge on any atom is -0.444 e. The van der Waals surface area contributed by atoms with E-state index in [2.05, 4.69) is 5.32 Å². The van der Waals surface area contributed by atoms with E-state index in [0.29, 0.717) is 12.8 Å². The number of Topliss-reactive ketones (excluding diaryl/α,β-unsaturated/α-hetero) is 1. The lowest BCUT2D eigenvalue weighted by atomic mass is 9.94. The fraction of sp³-hybridized carbons (Fsp3) is 0.818. The van der Waals surface area contributed by atoms with Crippen LogP contribution < -0.4 is 5.32 Å². The average Bonchev–Trinajstić information content (AvgIpc) is 2.21. The van der Waals surface area contributed by atoms with Crippen molar-refractivity contribution < 1.29 is 19.4 Å². The number of rotatable bonds is 3. The van der Waals surface area contributed by atoms with Crippen molar-refractivity contribution in [2.75, 3.05) is 0 Å². The number of hydrogen-bond donors (Lipinski definition) is 2. The minimum atomic E-state index is -0.715. The highest BCUT2D eigenvalue weighted by atomic mass is 16.6. The highest BCUT2D eigenvalue weighted by Crippen LogP contribution is 2.14. The zero-order valence-corrected chi connectivity index (χ0v) is 9.73. The molecule has 1 amide bonds. The molecule has 0 aromatic heterocycles. The molecule has 0 unspecified atom stereocenters. The van der Waals surface area contributed by atoms with Gasteiger partial charge >= 0.3 is 6.09 Å². The average molecular weight is 229 g/mol. The summed E-state index contributed by atoms with van der Waals surface area (Å²) >= 11 is 0. The molecular formula is C11H19NO4. The van der Waals surface area contributed by atoms with Gasteiger partial charge in [-0.25, -0.2) is 4.79 Å². The Kier molecular flexibility index (Phi) is 4.73. The third-order valence-corrected chi connectivity index (χ3v) is 2.82. The number of ether oxygens (including phenoxy) is 1. The number of alkyl carbamates (subject to hydrolysis) is 1. The lowest BCUT2D eigenvalue weighted by molar-refractivity contribution is -0.122. The van der Waals surface area contributed by atoms with Gasteiger partial charge in [0, 0.05) is 6.42 Å². The number of aliphatic hydroxyl groups excluding tert-OH is 1. The lowest BCUT2D eigenvalue weighted by Crippen LogP contribution is -2.44. The first-order valence-corrected chi connectivity index (χ1v) is 5.68. The predicted molar refractivity (Wildman–Crippen MR) is 58.0 cm³/mol. The standard InChI is InChI=1S/C11H19NO4/c1-7(13)8(2)16-11(15)12-9-5-3-4-6-10(9)14/h7-9,13H,3-6H2,1-2H3,(H,12,15)/t7-,8-,9-/m1/s1. The van der Waals surface area contributed by atoms with E-state index in [1.165, 1.54) is 0 Å². The number of nitrogens with one attached hydrogen (secondary N) is 1. The Morgan fingerprint density at radius 3 is 2.75 bits per heavy atom. The molecule has 0 spiro atoms. The van der Waals surface area contributed by atoms with Crippen LogP contribution in [0.25, 0.3) is 0 Å². The van der Waals surface area contributed by atoms with Crippen LogP contribution in [-0.2, 0) is 9.53 Å². The Balaban J connectivity index is 2.35. The van der Waals surface area contributed by atoms with Gasteiger partial charge in [-0.1, -0.05) is 6.42 Å². The van der Waals surface area contributed by atoms with Crippen molar-refractivity contribution in [3.8, 4) is 0 Å². The van der Waals surface area contributed by atoms with Crippen LogP contribution in [0.3, 0.4) is 0 Å². The molecule has 0 radical (unpaired) electrons. The fourth-order valence-electron chi connectivity index (χ4n) is 1.58. The molecule has 0 saturated heterocycles. The second-order valence-electron chi connectivity index (χ2n) is 4.26. The Hall–Kier alpha value is -1.10. The van der Waals surface area contributed by atoms with Gasteiger partial charge in [-0.05, 0) is 26.7 Å². The van der Waals surface area contributed by atoms with Crippen molar-refractivity contribution >= 4 is 11.9 Å². The van der Waals surface area contributed by atoms with Crippen LogP contribution in [0.2, 0.25) is 0 Å². The van der Waals surface area contributed by atoms with Crippen molar-refractivity contribution in [3.05, 3.63) is 0 Å². The van der Waals surface area contributed by atoms with E-state index < -0.39 is 24.3 Å². The largest absolute Gasteiger partial charge is 0.444 e. The van der Waals surface area contributed by atoms with Gasteiger partial charge in [-0.3, -0.25) is 4.79 Å². The summed E-state index contributed by atoms with van der Waals surface area (Å²) in [4.78, 5) is 22.8. The van der Waals surface area contributed by atoms with Gasteiger partial charge in [-0.15, -0.1) is 0 Å². The van der Waals surface area contributed by atoms with Gasteiger partial charge in [0.25, 0.3) is 0 Å². The molecule has 1 aliphatic carbocycles. The monoisotopic (exact) mass is 229 g/mol. The lowest BCUT2D eigenvalue weighted by Gasteiger charge is -2.23. The summed E-state index contributed by atoms with van der Waals surface area (Å²) in [6, 6.07) is -0.414. The Morgan fingerprint density at radius 2 is 2.19 bits per heavy atom. The SMILES string of the molecule is C[C@@H](O)[C@@H](C)OC(=O)N[C@@H]1CCCCC1=O. The first-order chi connectivity index (χ1) is 7.50. The molecule has 0 aromatic carbocycles. The molecule has 3 atom stereocenters. The maximum Gasteiger partial charge on any atom is 0.408 e. The number of carbonyl (C=O) groups excluding carboxylic acids is 2. The highest BCUT2D eigenvalue weighted by Gasteiger charge is 2.25. The van der Waals surface area contributed by atoms with Crippen LogP contribution in [0.4, 0.5) is 4.79 Å². The Morgan fingerprint density at radius 1 is 1.50 bits per heavy atom. The van der Waals surface area contributed by atoms with Gasteiger partial charge in [-0.2, -0.15) is 0 Å². The quantitative estimate of drug-likeness (QED) is 0.756. The molecule has 1 fully saturated rings. The molecule has 0 heterocycles. The normalized spacial score (nSPS) is 24.7. The van der Waals surface area contributed by atoms with Crippen molar-refractivity contribution in [3.63, 3.8) is 0 Å². The van der Waals surface area contributed by atoms with E-state index in [0.717, 1.165) is 12.8 Å². The van der Waals surface area contributed by atoms with Crippen molar-refractivity contribution in [1.29, 1.82) is 0 Å². The summed E-state index contributed by atoms with van der Waals surface area (Å²) in [5.74, 6) is 0.0629. The van der Waals surface area contributed by atoms with Crippen LogP contribution in [0.5, 0.6) is 0 Å². The maximum absolute atomic E-state index is 11.4. The molecule has 2 N–H and O–H groups in total. The number of amides is 1.